The summed E-state index contributed by atoms with van der Waals surface area (Å²) in [6.07, 6.45) is -1.22. The predicted molar refractivity (Wildman–Crippen MR) is 184 cm³/mol. The van der Waals surface area contributed by atoms with E-state index in [1.54, 1.807) is 81.4 Å². The molecule has 0 atom stereocenters. The van der Waals surface area contributed by atoms with Gasteiger partial charge in [-0.3, -0.25) is 0 Å². The molecule has 46 heavy (non-hydrogen) atoms. The van der Waals surface area contributed by atoms with E-state index in [1.165, 1.54) is 18.5 Å². The number of aromatic nitrogens is 3. The normalized spacial score (nSPS) is 15.5. The number of benzene rings is 3. The second-order valence-corrected chi connectivity index (χ2v) is 11.4. The van der Waals surface area contributed by atoms with E-state index in [4.69, 9.17) is 18.1 Å². The van der Waals surface area contributed by atoms with Crippen LogP contribution in [0.15, 0.2) is 114 Å². The molecule has 0 aliphatic rings. The van der Waals surface area contributed by atoms with Crippen molar-refractivity contribution in [2.24, 2.45) is 5.41 Å². The molecule has 4 nitrogen and oxygen atoms in total. The SMILES string of the molecule is [2H]C([2H])([2H])c1ccc(-c2[c-]cccc2)nc1.[2H]C([2H])([2H])c1cnc(-c2[c-]ccc3c2oc2nc(C([2H])([2H])c4ccccc4)ccc23)cc1C([2H])([2H])C(C)(C)C.[Ir]. The van der Waals surface area contributed by atoms with E-state index < -0.39 is 31.9 Å². The van der Waals surface area contributed by atoms with Crippen LogP contribution >= 0.6 is 0 Å². The summed E-state index contributed by atoms with van der Waals surface area (Å²) < 4.78 is 86.7. The molecule has 0 bridgehead atoms. The third kappa shape index (κ3) is 7.85. The van der Waals surface area contributed by atoms with Crippen LogP contribution in [0.2, 0.25) is 0 Å². The van der Waals surface area contributed by atoms with Crippen molar-refractivity contribution in [3.63, 3.8) is 0 Å². The van der Waals surface area contributed by atoms with E-state index in [1.807, 2.05) is 30.3 Å². The molecule has 0 spiro atoms. The quantitative estimate of drug-likeness (QED) is 0.163. The van der Waals surface area contributed by atoms with Gasteiger partial charge in [0.25, 0.3) is 0 Å². The fraction of sp³-hybridized carbons (Fsp3) is 0.195. The molecule has 5 heteroatoms. The molecule has 7 rings (SSSR count). The molecule has 0 unspecified atom stereocenters. The number of pyridine rings is 3. The van der Waals surface area contributed by atoms with E-state index in [9.17, 15) is 0 Å². The average molecular weight is 790 g/mol. The van der Waals surface area contributed by atoms with Gasteiger partial charge in [0.15, 0.2) is 0 Å². The maximum atomic E-state index is 8.81. The zero-order chi connectivity index (χ0) is 40.0. The fourth-order valence-corrected chi connectivity index (χ4v) is 4.76. The summed E-state index contributed by atoms with van der Waals surface area (Å²) >= 11 is 0. The van der Waals surface area contributed by atoms with Crippen LogP contribution in [0.25, 0.3) is 44.6 Å². The Bertz CT molecular complexity index is 2440. The van der Waals surface area contributed by atoms with Gasteiger partial charge in [0.05, 0.1) is 5.58 Å². The minimum atomic E-state index is -2.55. The van der Waals surface area contributed by atoms with Crippen molar-refractivity contribution in [2.75, 3.05) is 0 Å². The van der Waals surface area contributed by atoms with Crippen molar-refractivity contribution < 1.29 is 38.2 Å². The summed E-state index contributed by atoms with van der Waals surface area (Å²) in [4.78, 5) is 13.0. The average Bonchev–Trinajstić information content (AvgIpc) is 3.53. The largest absolute Gasteiger partial charge is 0.486 e. The first kappa shape index (κ1) is 22.1. The van der Waals surface area contributed by atoms with E-state index in [2.05, 4.69) is 27.1 Å². The molecule has 0 saturated carbocycles. The van der Waals surface area contributed by atoms with Crippen LogP contribution in [0.5, 0.6) is 0 Å². The number of rotatable bonds is 5. The van der Waals surface area contributed by atoms with Crippen LogP contribution in [0, 0.1) is 31.3 Å². The van der Waals surface area contributed by atoms with Crippen molar-refractivity contribution in [1.82, 2.24) is 15.0 Å². The number of furan rings is 1. The molecule has 0 fully saturated rings. The van der Waals surface area contributed by atoms with Crippen molar-refractivity contribution in [3.8, 4) is 22.5 Å². The third-order valence-corrected chi connectivity index (χ3v) is 6.76. The first-order valence-electron chi connectivity index (χ1n) is 19.4. The molecule has 0 amide bonds. The van der Waals surface area contributed by atoms with Crippen molar-refractivity contribution in [1.29, 1.82) is 0 Å². The van der Waals surface area contributed by atoms with E-state index in [0.29, 0.717) is 33.2 Å². The summed E-state index contributed by atoms with van der Waals surface area (Å²) in [7, 11) is 0. The number of aryl methyl sites for hydroxylation is 2. The minimum Gasteiger partial charge on any atom is -0.486 e. The van der Waals surface area contributed by atoms with Gasteiger partial charge in [0.1, 0.15) is 0 Å². The van der Waals surface area contributed by atoms with Crippen LogP contribution < -0.4 is 0 Å². The van der Waals surface area contributed by atoms with E-state index in [0.717, 1.165) is 11.3 Å². The Morgan fingerprint density at radius 2 is 1.63 bits per heavy atom. The molecule has 3 aromatic carbocycles. The fourth-order valence-electron chi connectivity index (χ4n) is 4.76. The van der Waals surface area contributed by atoms with Crippen LogP contribution in [-0.4, -0.2) is 15.0 Å². The van der Waals surface area contributed by atoms with Gasteiger partial charge in [0.2, 0.25) is 5.71 Å². The summed E-state index contributed by atoms with van der Waals surface area (Å²) in [5.41, 5.74) is 2.92. The van der Waals surface area contributed by atoms with Crippen LogP contribution in [0.1, 0.15) is 62.4 Å². The van der Waals surface area contributed by atoms with Crippen molar-refractivity contribution in [3.05, 3.63) is 150 Å². The number of hydrogen-bond donors (Lipinski definition) is 0. The van der Waals surface area contributed by atoms with Crippen LogP contribution in [-0.2, 0) is 32.9 Å². The molecule has 1 radical (unpaired) electrons. The topological polar surface area (TPSA) is 51.8 Å². The van der Waals surface area contributed by atoms with E-state index in [-0.39, 0.29) is 48.2 Å². The first-order valence-corrected chi connectivity index (χ1v) is 14.4. The summed E-state index contributed by atoms with van der Waals surface area (Å²) in [5.74, 6) is 0. The second kappa shape index (κ2) is 14.3. The summed E-state index contributed by atoms with van der Waals surface area (Å²) in [5, 5.41) is 1.39. The van der Waals surface area contributed by atoms with Gasteiger partial charge < -0.3 is 14.4 Å². The van der Waals surface area contributed by atoms with Crippen molar-refractivity contribution >= 4 is 22.1 Å². The molecular weight excluding hydrogens is 743 g/mol. The summed E-state index contributed by atoms with van der Waals surface area (Å²) in [6.45, 7) is 0.526. The molecule has 0 N–H and O–H groups in total. The molecule has 233 valence electrons. The standard InChI is InChI=1S/C29H27N2O.C12H10N.Ir/c1-19-18-30-26(16-21(19)17-29(2,3)4)25-12-8-11-23-24-14-13-22(31-28(24)32-27(23)25)15-20-9-6-5-7-10-20;1-10-7-8-12(13-9-10)11-5-3-2-4-6-11;/h5-11,13-14,16,18H,15,17H2,1-4H3;2-5,7-9H,1H3;/q2*-1;/i1D3,15D2,17D2;1D3;. The molecule has 0 saturated heterocycles. The number of fused-ring (bicyclic) bond motifs is 3. The molecule has 0 aliphatic carbocycles. The van der Waals surface area contributed by atoms with Gasteiger partial charge in [-0.05, 0) is 65.7 Å². The van der Waals surface area contributed by atoms with Gasteiger partial charge >= 0.3 is 0 Å². The van der Waals surface area contributed by atoms with Crippen LogP contribution in [0.4, 0.5) is 0 Å². The maximum absolute atomic E-state index is 8.81. The first-order chi connectivity index (χ1) is 25.7. The van der Waals surface area contributed by atoms with Crippen molar-refractivity contribution in [2.45, 2.75) is 47.2 Å². The Morgan fingerprint density at radius 1 is 0.804 bits per heavy atom. The zero-order valence-corrected chi connectivity index (χ0v) is 27.9. The Kier molecular flexibility index (Phi) is 6.90. The Morgan fingerprint density at radius 3 is 2.35 bits per heavy atom. The maximum Gasteiger partial charge on any atom is 0.216 e. The van der Waals surface area contributed by atoms with E-state index >= 15 is 0 Å². The van der Waals surface area contributed by atoms with Gasteiger partial charge in [-0.2, -0.15) is 0 Å². The Hall–Kier alpha value is -4.44. The summed E-state index contributed by atoms with van der Waals surface area (Å²) in [6, 6.07) is 34.1. The predicted octanol–water partition coefficient (Wildman–Crippen LogP) is 10.2. The number of nitrogens with zero attached hydrogens (tertiary/aromatic N) is 3. The minimum absolute atomic E-state index is 0. The second-order valence-electron chi connectivity index (χ2n) is 11.4. The zero-order valence-electron chi connectivity index (χ0n) is 35.5. The molecular formula is C41H37IrN3O-2. The molecule has 0 aliphatic heterocycles. The van der Waals surface area contributed by atoms with Gasteiger partial charge in [-0.15, -0.1) is 54.1 Å². The number of hydrogen-bond acceptors (Lipinski definition) is 4. The molecule has 7 aromatic rings. The smallest absolute Gasteiger partial charge is 0.216 e. The Labute approximate surface area is 299 Å². The van der Waals surface area contributed by atoms with Crippen LogP contribution in [0.3, 0.4) is 0 Å². The molecule has 4 heterocycles. The van der Waals surface area contributed by atoms with Gasteiger partial charge in [-0.1, -0.05) is 85.8 Å². The molecule has 4 aromatic heterocycles. The van der Waals surface area contributed by atoms with Gasteiger partial charge in [-0.25, -0.2) is 4.98 Å². The monoisotopic (exact) mass is 790 g/mol. The third-order valence-electron chi connectivity index (χ3n) is 6.76. The Balaban J connectivity index is 0.000000295. The van der Waals surface area contributed by atoms with Gasteiger partial charge in [0, 0.05) is 63.7 Å².